The first kappa shape index (κ1) is 21.2. The van der Waals surface area contributed by atoms with Crippen LogP contribution < -0.4 is 0 Å². The summed E-state index contributed by atoms with van der Waals surface area (Å²) in [6.07, 6.45) is 11.2. The van der Waals surface area contributed by atoms with Crippen molar-refractivity contribution in [1.82, 2.24) is 0 Å². The summed E-state index contributed by atoms with van der Waals surface area (Å²) in [5.41, 5.74) is 0.717. The Hall–Kier alpha value is -1.06. The van der Waals surface area contributed by atoms with Crippen molar-refractivity contribution in [2.24, 2.45) is 40.4 Å². The van der Waals surface area contributed by atoms with E-state index >= 15 is 0 Å². The second-order valence-electron chi connectivity index (χ2n) is 11.2. The zero-order chi connectivity index (χ0) is 21.0. The van der Waals surface area contributed by atoms with Crippen molar-refractivity contribution in [2.75, 3.05) is 0 Å². The molecule has 29 heavy (non-hydrogen) atoms. The Labute approximate surface area is 176 Å². The first-order chi connectivity index (χ1) is 13.6. The van der Waals surface area contributed by atoms with E-state index in [2.05, 4.69) is 20.8 Å². The average Bonchev–Trinajstić information content (AvgIpc) is 2.98. The van der Waals surface area contributed by atoms with Crippen LogP contribution in [0.1, 0.15) is 92.4 Å². The standard InChI is InChI=1S/C25H40O4/c1-15(28-16(2)26)21-8-9-22-20-7-6-18-14-19(29-17(3)27)10-12-24(18,4)23(20)11-13-25(21,22)5/h15,18-23H,6-14H2,1-5H3/t15?,18?,19-,20?,21?,22?,23?,24?,25?/m1/s1. The lowest BCUT2D eigenvalue weighted by Crippen LogP contribution is -2.54. The van der Waals surface area contributed by atoms with Crippen molar-refractivity contribution in [2.45, 2.75) is 105 Å². The number of esters is 2. The van der Waals surface area contributed by atoms with Crippen molar-refractivity contribution in [3.8, 4) is 0 Å². The molecule has 4 aliphatic carbocycles. The molecule has 0 bridgehead atoms. The fourth-order valence-electron chi connectivity index (χ4n) is 8.72. The van der Waals surface area contributed by atoms with Crippen molar-refractivity contribution in [3.05, 3.63) is 0 Å². The van der Waals surface area contributed by atoms with Crippen LogP contribution in [0.2, 0.25) is 0 Å². The number of rotatable bonds is 3. The smallest absolute Gasteiger partial charge is 0.302 e. The molecule has 0 aromatic heterocycles. The van der Waals surface area contributed by atoms with Crippen molar-refractivity contribution in [3.63, 3.8) is 0 Å². The largest absolute Gasteiger partial charge is 0.463 e. The molecule has 0 heterocycles. The summed E-state index contributed by atoms with van der Waals surface area (Å²) < 4.78 is 11.3. The Bertz CT molecular complexity index is 659. The van der Waals surface area contributed by atoms with Crippen LogP contribution in [-0.4, -0.2) is 24.1 Å². The van der Waals surface area contributed by atoms with E-state index in [1.807, 2.05) is 0 Å². The van der Waals surface area contributed by atoms with E-state index < -0.39 is 0 Å². The molecule has 4 heteroatoms. The predicted octanol–water partition coefficient (Wildman–Crippen LogP) is 5.53. The lowest BCUT2D eigenvalue weighted by molar-refractivity contribution is -0.164. The Morgan fingerprint density at radius 2 is 1.55 bits per heavy atom. The van der Waals surface area contributed by atoms with E-state index in [4.69, 9.17) is 9.47 Å². The lowest BCUT2D eigenvalue weighted by atomic mass is 9.44. The molecule has 0 aliphatic heterocycles. The molecule has 164 valence electrons. The van der Waals surface area contributed by atoms with Gasteiger partial charge in [-0.1, -0.05) is 13.8 Å². The highest BCUT2D eigenvalue weighted by Gasteiger charge is 2.61. The fraction of sp³-hybridized carbons (Fsp3) is 0.920. The molecule has 0 amide bonds. The molecule has 4 rings (SSSR count). The summed E-state index contributed by atoms with van der Waals surface area (Å²) in [6.45, 7) is 10.2. The first-order valence-corrected chi connectivity index (χ1v) is 12.0. The van der Waals surface area contributed by atoms with E-state index in [1.165, 1.54) is 51.9 Å². The number of hydrogen-bond donors (Lipinski definition) is 0. The molecule has 4 saturated carbocycles. The molecule has 4 aliphatic rings. The van der Waals surface area contributed by atoms with E-state index in [-0.39, 0.29) is 24.1 Å². The van der Waals surface area contributed by atoms with E-state index in [9.17, 15) is 9.59 Å². The van der Waals surface area contributed by atoms with E-state index in [1.54, 1.807) is 6.92 Å². The molecule has 4 nitrogen and oxygen atoms in total. The molecular formula is C25H40O4. The second kappa shape index (κ2) is 7.57. The maximum Gasteiger partial charge on any atom is 0.302 e. The molecule has 0 radical (unpaired) electrons. The zero-order valence-electron chi connectivity index (χ0n) is 19.0. The zero-order valence-corrected chi connectivity index (χ0v) is 19.0. The highest BCUT2D eigenvalue weighted by atomic mass is 16.5. The molecule has 0 aromatic carbocycles. The van der Waals surface area contributed by atoms with Crippen LogP contribution in [0.4, 0.5) is 0 Å². The number of hydrogen-bond acceptors (Lipinski definition) is 4. The predicted molar refractivity (Wildman–Crippen MR) is 112 cm³/mol. The molecule has 0 saturated heterocycles. The minimum Gasteiger partial charge on any atom is -0.463 e. The highest BCUT2D eigenvalue weighted by Crippen LogP contribution is 2.68. The molecule has 0 aromatic rings. The molecule has 0 N–H and O–H groups in total. The van der Waals surface area contributed by atoms with Crippen LogP contribution in [0.15, 0.2) is 0 Å². The van der Waals surface area contributed by atoms with E-state index in [0.717, 1.165) is 30.6 Å². The van der Waals surface area contributed by atoms with Gasteiger partial charge in [0.05, 0.1) is 0 Å². The van der Waals surface area contributed by atoms with Gasteiger partial charge in [0.1, 0.15) is 12.2 Å². The first-order valence-electron chi connectivity index (χ1n) is 12.0. The Morgan fingerprint density at radius 1 is 0.862 bits per heavy atom. The number of ether oxygens (including phenoxy) is 2. The molecule has 9 atom stereocenters. The third-order valence-electron chi connectivity index (χ3n) is 9.94. The summed E-state index contributed by atoms with van der Waals surface area (Å²) >= 11 is 0. The van der Waals surface area contributed by atoms with Gasteiger partial charge in [-0.3, -0.25) is 9.59 Å². The van der Waals surface area contributed by atoms with Crippen LogP contribution in [0.5, 0.6) is 0 Å². The maximum absolute atomic E-state index is 11.5. The van der Waals surface area contributed by atoms with Crippen molar-refractivity contribution in [1.29, 1.82) is 0 Å². The van der Waals surface area contributed by atoms with Crippen molar-refractivity contribution >= 4 is 11.9 Å². The van der Waals surface area contributed by atoms with Crippen LogP contribution >= 0.6 is 0 Å². The molecular weight excluding hydrogens is 364 g/mol. The Kier molecular flexibility index (Phi) is 5.53. The highest BCUT2D eigenvalue weighted by molar-refractivity contribution is 5.66. The summed E-state index contributed by atoms with van der Waals surface area (Å²) in [5.74, 6) is 3.32. The third-order valence-corrected chi connectivity index (χ3v) is 9.94. The van der Waals surface area contributed by atoms with Crippen molar-refractivity contribution < 1.29 is 19.1 Å². The molecule has 4 fully saturated rings. The number of carbonyl (C=O) groups is 2. The number of carbonyl (C=O) groups excluding carboxylic acids is 2. The van der Waals surface area contributed by atoms with Gasteiger partial charge < -0.3 is 9.47 Å². The van der Waals surface area contributed by atoms with Gasteiger partial charge in [-0.25, -0.2) is 0 Å². The Balaban J connectivity index is 1.50. The quantitative estimate of drug-likeness (QED) is 0.581. The fourth-order valence-corrected chi connectivity index (χ4v) is 8.72. The molecule has 0 spiro atoms. The summed E-state index contributed by atoms with van der Waals surface area (Å²) in [5, 5.41) is 0. The minimum atomic E-state index is -0.143. The van der Waals surface area contributed by atoms with Gasteiger partial charge in [-0.15, -0.1) is 0 Å². The number of fused-ring (bicyclic) bond motifs is 5. The Morgan fingerprint density at radius 3 is 2.24 bits per heavy atom. The monoisotopic (exact) mass is 404 g/mol. The maximum atomic E-state index is 11.5. The van der Waals surface area contributed by atoms with Crippen LogP contribution in [0.3, 0.4) is 0 Å². The van der Waals surface area contributed by atoms with Crippen LogP contribution in [0.25, 0.3) is 0 Å². The van der Waals surface area contributed by atoms with Crippen LogP contribution in [-0.2, 0) is 19.1 Å². The molecule has 8 unspecified atom stereocenters. The lowest BCUT2D eigenvalue weighted by Gasteiger charge is -2.61. The minimum absolute atomic E-state index is 0.0325. The van der Waals surface area contributed by atoms with Crippen LogP contribution in [0, 0.1) is 40.4 Å². The van der Waals surface area contributed by atoms with Gasteiger partial charge in [0.25, 0.3) is 0 Å². The van der Waals surface area contributed by atoms with E-state index in [0.29, 0.717) is 22.7 Å². The SMILES string of the molecule is CC(=O)OC(C)C1CCC2C3CCC4C[C@H](OC(C)=O)CCC4(C)C3CCC12C. The summed E-state index contributed by atoms with van der Waals surface area (Å²) in [6, 6.07) is 0. The van der Waals surface area contributed by atoms with Gasteiger partial charge in [0.15, 0.2) is 0 Å². The third kappa shape index (κ3) is 3.53. The average molecular weight is 405 g/mol. The second-order valence-corrected chi connectivity index (χ2v) is 11.2. The normalized spacial score (nSPS) is 47.3. The van der Waals surface area contributed by atoms with Gasteiger partial charge in [0, 0.05) is 19.8 Å². The van der Waals surface area contributed by atoms with Gasteiger partial charge in [0.2, 0.25) is 0 Å². The van der Waals surface area contributed by atoms with Gasteiger partial charge >= 0.3 is 11.9 Å². The summed E-state index contributed by atoms with van der Waals surface area (Å²) in [7, 11) is 0. The van der Waals surface area contributed by atoms with Gasteiger partial charge in [-0.2, -0.15) is 0 Å². The van der Waals surface area contributed by atoms with Gasteiger partial charge in [-0.05, 0) is 99.2 Å². The topological polar surface area (TPSA) is 52.6 Å². The summed E-state index contributed by atoms with van der Waals surface area (Å²) in [4.78, 5) is 23.0.